The van der Waals surface area contributed by atoms with Gasteiger partial charge in [-0.05, 0) is 4.47 Å². The van der Waals surface area contributed by atoms with E-state index in [-0.39, 0.29) is 5.54 Å². The van der Waals surface area contributed by atoms with Crippen LogP contribution in [0.4, 0.5) is 7.88 Å². The summed E-state index contributed by atoms with van der Waals surface area (Å²) in [5.74, 6) is 0. The van der Waals surface area contributed by atoms with Crippen LogP contribution in [0.25, 0.3) is 16.5 Å². The second-order valence-electron chi connectivity index (χ2n) is 5.74. The van der Waals surface area contributed by atoms with E-state index in [1.54, 1.807) is 0 Å². The van der Waals surface area contributed by atoms with Gasteiger partial charge in [-0.3, -0.25) is 0 Å². The normalized spacial score (nSPS) is 9.70. The molecular weight excluding hydrogens is 462 g/mol. The van der Waals surface area contributed by atoms with Crippen molar-refractivity contribution in [3.8, 4) is 0 Å². The van der Waals surface area contributed by atoms with Crippen LogP contribution < -0.4 is 0 Å². The maximum atomic E-state index is 9.86. The molecule has 7 heteroatoms. The Morgan fingerprint density at radius 1 is 1.17 bits per heavy atom. The van der Waals surface area contributed by atoms with Crippen molar-refractivity contribution in [3.63, 3.8) is 0 Å². The zero-order valence-electron chi connectivity index (χ0n) is 14.4. The summed E-state index contributed by atoms with van der Waals surface area (Å²) in [4.78, 5) is 0. The number of hydrogen-bond acceptors (Lipinski definition) is 0. The van der Waals surface area contributed by atoms with Crippen LogP contribution in [0.15, 0.2) is 34.8 Å². The standard InChI is InChI=1S/C10H8Br.C4H10N.C2H6Si.3FH.Zr/c1-7-5-8-3-2-4-10(11)9(8)6-7;1-4(2,3)5;1-3-2;;;;/h2-6H,1H3;5H,1-3H3;1-2H3;3*1H;/q2*-1;;;;;+3/p-3. The third-order valence-corrected chi connectivity index (χ3v) is 2.53. The second kappa shape index (κ2) is 13.5. The van der Waals surface area contributed by atoms with Crippen molar-refractivity contribution in [2.45, 2.75) is 46.3 Å². The fourth-order valence-electron chi connectivity index (χ4n) is 1.35. The van der Waals surface area contributed by atoms with Gasteiger partial charge in [0.05, 0.1) is 0 Å². The number of fused-ring (bicyclic) bond motifs is 1. The first-order valence-corrected chi connectivity index (χ1v) is 12.5. The predicted octanol–water partition coefficient (Wildman–Crippen LogP) is 7.51. The summed E-state index contributed by atoms with van der Waals surface area (Å²) in [6, 6.07) is 10.7. The molecule has 0 spiro atoms. The van der Waals surface area contributed by atoms with Crippen LogP contribution in [-0.4, -0.2) is 15.1 Å². The van der Waals surface area contributed by atoms with Crippen molar-refractivity contribution >= 4 is 36.2 Å². The molecule has 23 heavy (non-hydrogen) atoms. The fourth-order valence-corrected chi connectivity index (χ4v) is 1.84. The van der Waals surface area contributed by atoms with E-state index in [1.165, 1.54) is 20.8 Å². The van der Waals surface area contributed by atoms with Gasteiger partial charge in [0.25, 0.3) is 0 Å². The molecule has 0 aromatic heterocycles. The van der Waals surface area contributed by atoms with E-state index >= 15 is 0 Å². The summed E-state index contributed by atoms with van der Waals surface area (Å²) in [5.41, 5.74) is 8.01. The molecule has 0 saturated carbocycles. The van der Waals surface area contributed by atoms with Crippen LogP contribution in [0.5, 0.6) is 0 Å². The zero-order valence-corrected chi connectivity index (χ0v) is 19.4. The SMILES string of the molecule is CC(C)(C)[NH-].C[Si]C.Cc1cc2c(Br)cccc2[cH-]1.[F][Zr]([F])[F]. The van der Waals surface area contributed by atoms with Gasteiger partial charge >= 0.3 is 31.5 Å². The van der Waals surface area contributed by atoms with Gasteiger partial charge < -0.3 is 5.73 Å². The van der Waals surface area contributed by atoms with E-state index in [1.807, 2.05) is 20.8 Å². The Labute approximate surface area is 159 Å². The number of benzene rings is 1. The monoisotopic (exact) mass is 484 g/mol. The molecule has 0 atom stereocenters. The molecule has 0 unspecified atom stereocenters. The van der Waals surface area contributed by atoms with E-state index in [0.29, 0.717) is 0 Å². The van der Waals surface area contributed by atoms with Gasteiger partial charge in [0.1, 0.15) is 0 Å². The molecule has 0 saturated heterocycles. The van der Waals surface area contributed by atoms with Crippen LogP contribution in [0.2, 0.25) is 13.1 Å². The number of aryl methyl sites for hydroxylation is 1. The molecular formula is C16H24BrF3NSiZr-2. The average molecular weight is 487 g/mol. The molecule has 0 bridgehead atoms. The molecule has 1 N–H and O–H groups in total. The van der Waals surface area contributed by atoms with Gasteiger partial charge in [-0.15, -0.1) is 40.1 Å². The van der Waals surface area contributed by atoms with Crippen LogP contribution in [0.3, 0.4) is 0 Å². The quantitative estimate of drug-likeness (QED) is 0.272. The van der Waals surface area contributed by atoms with Crippen molar-refractivity contribution < 1.29 is 31.5 Å². The van der Waals surface area contributed by atoms with Gasteiger partial charge in [0.15, 0.2) is 0 Å². The van der Waals surface area contributed by atoms with Crippen LogP contribution in [0, 0.1) is 6.92 Å². The molecule has 2 rings (SSSR count). The van der Waals surface area contributed by atoms with Crippen LogP contribution in [-0.2, 0) is 23.6 Å². The molecule has 1 nitrogen and oxygen atoms in total. The molecule has 2 radical (unpaired) electrons. The molecule has 131 valence electrons. The minimum atomic E-state index is -5.04. The van der Waals surface area contributed by atoms with Crippen molar-refractivity contribution in [2.24, 2.45) is 0 Å². The Balaban J connectivity index is 0. The third kappa shape index (κ3) is 18.3. The second-order valence-corrected chi connectivity index (χ2v) is 8.65. The molecule has 0 amide bonds. The van der Waals surface area contributed by atoms with Gasteiger partial charge in [-0.1, -0.05) is 62.8 Å². The summed E-state index contributed by atoms with van der Waals surface area (Å²) < 4.78 is 30.8. The van der Waals surface area contributed by atoms with Gasteiger partial charge in [-0.2, -0.15) is 6.07 Å². The number of nitrogens with one attached hydrogen (secondary N) is 1. The Hall–Kier alpha value is 0.160. The van der Waals surface area contributed by atoms with Crippen LogP contribution >= 0.6 is 15.9 Å². The molecule has 2 aromatic carbocycles. The number of rotatable bonds is 0. The Morgan fingerprint density at radius 2 is 1.57 bits per heavy atom. The van der Waals surface area contributed by atoms with E-state index in [0.717, 1.165) is 9.52 Å². The summed E-state index contributed by atoms with van der Waals surface area (Å²) in [6.07, 6.45) is 0. The predicted molar refractivity (Wildman–Crippen MR) is 96.9 cm³/mol. The van der Waals surface area contributed by atoms with Crippen molar-refractivity contribution in [1.29, 1.82) is 0 Å². The van der Waals surface area contributed by atoms with Crippen molar-refractivity contribution in [1.82, 2.24) is 0 Å². The van der Waals surface area contributed by atoms with Crippen LogP contribution in [0.1, 0.15) is 26.3 Å². The van der Waals surface area contributed by atoms with E-state index in [2.05, 4.69) is 66.3 Å². The molecule has 0 aliphatic carbocycles. The van der Waals surface area contributed by atoms with Gasteiger partial charge in [-0.25, -0.2) is 0 Å². The number of halogens is 4. The fraction of sp³-hybridized carbons (Fsp3) is 0.438. The topological polar surface area (TPSA) is 23.8 Å². The average Bonchev–Trinajstić information content (AvgIpc) is 2.69. The van der Waals surface area contributed by atoms with E-state index in [9.17, 15) is 7.88 Å². The zero-order chi connectivity index (χ0) is 18.6. The maximum absolute atomic E-state index is 9.86. The van der Waals surface area contributed by atoms with E-state index in [4.69, 9.17) is 5.73 Å². The van der Waals surface area contributed by atoms with Crippen molar-refractivity contribution in [2.75, 3.05) is 0 Å². The number of hydrogen-bond donors (Lipinski definition) is 0. The Bertz CT molecular complexity index is 533. The third-order valence-electron chi connectivity index (χ3n) is 1.84. The minimum absolute atomic E-state index is 0.250. The first-order valence-electron chi connectivity index (χ1n) is 6.90. The summed E-state index contributed by atoms with van der Waals surface area (Å²) in [6.45, 7) is 12.0. The van der Waals surface area contributed by atoms with Gasteiger partial charge in [0, 0.05) is 9.52 Å². The van der Waals surface area contributed by atoms with Crippen molar-refractivity contribution in [3.05, 3.63) is 46.1 Å². The molecule has 0 aliphatic rings. The van der Waals surface area contributed by atoms with Gasteiger partial charge in [0.2, 0.25) is 0 Å². The Kier molecular flexibility index (Phi) is 14.9. The molecule has 0 fully saturated rings. The summed E-state index contributed by atoms with van der Waals surface area (Å²) in [7, 11) is 1.08. The molecule has 0 aliphatic heterocycles. The summed E-state index contributed by atoms with van der Waals surface area (Å²) in [5, 5.41) is 2.63. The molecule has 0 heterocycles. The molecule has 2 aromatic rings. The summed E-state index contributed by atoms with van der Waals surface area (Å²) >= 11 is -1.53. The Morgan fingerprint density at radius 3 is 1.91 bits per heavy atom. The van der Waals surface area contributed by atoms with E-state index < -0.39 is 23.6 Å². The first kappa shape index (κ1) is 25.4. The first-order chi connectivity index (χ1) is 10.4.